The SMILES string of the molecule is CCC(OC)C(NC(=O)O)c1ccccc1F. The first-order chi connectivity index (χ1) is 8.10. The minimum absolute atomic E-state index is 0.295. The molecular weight excluding hydrogens is 225 g/mol. The minimum atomic E-state index is -1.20. The highest BCUT2D eigenvalue weighted by Crippen LogP contribution is 2.23. The molecule has 0 aliphatic heterocycles. The Labute approximate surface area is 99.4 Å². The molecule has 0 spiro atoms. The Morgan fingerprint density at radius 1 is 1.53 bits per heavy atom. The van der Waals surface area contributed by atoms with Gasteiger partial charge in [0.05, 0.1) is 12.1 Å². The average molecular weight is 241 g/mol. The third kappa shape index (κ3) is 3.42. The van der Waals surface area contributed by atoms with Crippen LogP contribution >= 0.6 is 0 Å². The van der Waals surface area contributed by atoms with E-state index in [1.807, 2.05) is 6.92 Å². The maximum atomic E-state index is 13.6. The van der Waals surface area contributed by atoms with Crippen molar-refractivity contribution in [1.82, 2.24) is 5.32 Å². The van der Waals surface area contributed by atoms with E-state index in [4.69, 9.17) is 9.84 Å². The topological polar surface area (TPSA) is 58.6 Å². The zero-order valence-corrected chi connectivity index (χ0v) is 9.81. The number of carboxylic acid groups (broad SMARTS) is 1. The van der Waals surface area contributed by atoms with Crippen molar-refractivity contribution in [3.8, 4) is 0 Å². The normalized spacial score (nSPS) is 14.1. The van der Waals surface area contributed by atoms with Crippen molar-refractivity contribution in [2.45, 2.75) is 25.5 Å². The molecule has 4 nitrogen and oxygen atoms in total. The Morgan fingerprint density at radius 2 is 2.18 bits per heavy atom. The van der Waals surface area contributed by atoms with Gasteiger partial charge in [0.15, 0.2) is 0 Å². The van der Waals surface area contributed by atoms with Crippen molar-refractivity contribution >= 4 is 6.09 Å². The number of amides is 1. The second kappa shape index (κ2) is 6.20. The molecule has 0 aromatic heterocycles. The number of hydrogen-bond acceptors (Lipinski definition) is 2. The lowest BCUT2D eigenvalue weighted by Gasteiger charge is -2.25. The number of rotatable bonds is 5. The molecule has 94 valence electrons. The van der Waals surface area contributed by atoms with Gasteiger partial charge < -0.3 is 15.2 Å². The van der Waals surface area contributed by atoms with Gasteiger partial charge in [-0.05, 0) is 12.5 Å². The molecule has 0 radical (unpaired) electrons. The van der Waals surface area contributed by atoms with E-state index in [2.05, 4.69) is 5.32 Å². The van der Waals surface area contributed by atoms with Gasteiger partial charge in [-0.1, -0.05) is 25.1 Å². The van der Waals surface area contributed by atoms with Crippen LogP contribution in [0.4, 0.5) is 9.18 Å². The van der Waals surface area contributed by atoms with Crippen molar-refractivity contribution in [3.05, 3.63) is 35.6 Å². The highest BCUT2D eigenvalue weighted by atomic mass is 19.1. The molecule has 2 N–H and O–H groups in total. The molecule has 0 saturated carbocycles. The first-order valence-electron chi connectivity index (χ1n) is 5.36. The lowest BCUT2D eigenvalue weighted by atomic mass is 9.99. The third-order valence-electron chi connectivity index (χ3n) is 2.60. The fourth-order valence-electron chi connectivity index (χ4n) is 1.77. The van der Waals surface area contributed by atoms with Gasteiger partial charge in [-0.2, -0.15) is 0 Å². The lowest BCUT2D eigenvalue weighted by molar-refractivity contribution is 0.0632. The smallest absolute Gasteiger partial charge is 0.405 e. The Balaban J connectivity index is 3.05. The van der Waals surface area contributed by atoms with Crippen LogP contribution in [-0.4, -0.2) is 24.4 Å². The van der Waals surface area contributed by atoms with Gasteiger partial charge in [-0.15, -0.1) is 0 Å². The van der Waals surface area contributed by atoms with E-state index in [-0.39, 0.29) is 0 Å². The van der Waals surface area contributed by atoms with Gasteiger partial charge in [0, 0.05) is 12.7 Å². The summed E-state index contributed by atoms with van der Waals surface area (Å²) in [6.07, 6.45) is -1.02. The lowest BCUT2D eigenvalue weighted by Crippen LogP contribution is -2.36. The van der Waals surface area contributed by atoms with Crippen LogP contribution in [0.5, 0.6) is 0 Å². The Morgan fingerprint density at radius 3 is 2.65 bits per heavy atom. The van der Waals surface area contributed by atoms with Crippen LogP contribution in [0.25, 0.3) is 0 Å². The molecule has 1 amide bonds. The monoisotopic (exact) mass is 241 g/mol. The van der Waals surface area contributed by atoms with Gasteiger partial charge in [-0.25, -0.2) is 9.18 Å². The molecule has 2 atom stereocenters. The minimum Gasteiger partial charge on any atom is -0.465 e. The second-order valence-corrected chi connectivity index (χ2v) is 3.63. The van der Waals surface area contributed by atoms with E-state index in [1.165, 1.54) is 13.2 Å². The largest absolute Gasteiger partial charge is 0.465 e. The van der Waals surface area contributed by atoms with Gasteiger partial charge in [-0.3, -0.25) is 0 Å². The van der Waals surface area contributed by atoms with Gasteiger partial charge in [0.25, 0.3) is 0 Å². The summed E-state index contributed by atoms with van der Waals surface area (Å²) in [6.45, 7) is 1.85. The van der Waals surface area contributed by atoms with Crippen molar-refractivity contribution in [1.29, 1.82) is 0 Å². The summed E-state index contributed by atoms with van der Waals surface area (Å²) in [6, 6.07) is 5.37. The first-order valence-corrected chi connectivity index (χ1v) is 5.36. The molecule has 1 aromatic carbocycles. The molecule has 17 heavy (non-hydrogen) atoms. The fraction of sp³-hybridized carbons (Fsp3) is 0.417. The molecule has 0 saturated heterocycles. The van der Waals surface area contributed by atoms with Crippen LogP contribution in [0.15, 0.2) is 24.3 Å². The standard InChI is InChI=1S/C12H16FNO3/c1-3-10(17-2)11(14-12(15)16)8-6-4-5-7-9(8)13/h4-7,10-11,14H,3H2,1-2H3,(H,15,16). The average Bonchev–Trinajstić information content (AvgIpc) is 2.29. The molecule has 0 aliphatic rings. The van der Waals surface area contributed by atoms with Gasteiger partial charge in [0.1, 0.15) is 5.82 Å². The van der Waals surface area contributed by atoms with E-state index in [9.17, 15) is 9.18 Å². The van der Waals surface area contributed by atoms with Crippen LogP contribution in [0, 0.1) is 5.82 Å². The molecule has 0 fully saturated rings. The molecule has 5 heteroatoms. The Hall–Kier alpha value is -1.62. The first kappa shape index (κ1) is 13.4. The zero-order valence-electron chi connectivity index (χ0n) is 9.81. The number of ether oxygens (including phenoxy) is 1. The second-order valence-electron chi connectivity index (χ2n) is 3.63. The van der Waals surface area contributed by atoms with E-state index >= 15 is 0 Å². The quantitative estimate of drug-likeness (QED) is 0.832. The summed E-state index contributed by atoms with van der Waals surface area (Å²) in [5.74, 6) is -0.443. The summed E-state index contributed by atoms with van der Waals surface area (Å²) in [5.41, 5.74) is 0.295. The van der Waals surface area contributed by atoms with Gasteiger partial charge >= 0.3 is 6.09 Å². The van der Waals surface area contributed by atoms with E-state index in [1.54, 1.807) is 18.2 Å². The van der Waals surface area contributed by atoms with Crippen LogP contribution in [0.2, 0.25) is 0 Å². The van der Waals surface area contributed by atoms with E-state index < -0.39 is 24.1 Å². The Bertz CT molecular complexity index is 380. The van der Waals surface area contributed by atoms with Crippen molar-refractivity contribution in [3.63, 3.8) is 0 Å². The van der Waals surface area contributed by atoms with Crippen molar-refractivity contribution < 1.29 is 19.0 Å². The summed E-state index contributed by atoms with van der Waals surface area (Å²) in [4.78, 5) is 10.7. The molecule has 1 aromatic rings. The number of benzene rings is 1. The predicted octanol–water partition coefficient (Wildman–Crippen LogP) is 2.56. The fourth-order valence-corrected chi connectivity index (χ4v) is 1.77. The van der Waals surface area contributed by atoms with Crippen molar-refractivity contribution in [2.24, 2.45) is 0 Å². The summed E-state index contributed by atoms with van der Waals surface area (Å²) in [7, 11) is 1.48. The molecule has 2 unspecified atom stereocenters. The summed E-state index contributed by atoms with van der Waals surface area (Å²) in [5, 5.41) is 11.1. The number of methoxy groups -OCH3 is 1. The van der Waals surface area contributed by atoms with Gasteiger partial charge in [0.2, 0.25) is 0 Å². The molecule has 1 rings (SSSR count). The van der Waals surface area contributed by atoms with Crippen LogP contribution in [-0.2, 0) is 4.74 Å². The molecular formula is C12H16FNO3. The highest BCUT2D eigenvalue weighted by Gasteiger charge is 2.25. The molecule has 0 aliphatic carbocycles. The zero-order chi connectivity index (χ0) is 12.8. The number of halogens is 1. The number of hydrogen-bond donors (Lipinski definition) is 2. The number of nitrogens with one attached hydrogen (secondary N) is 1. The van der Waals surface area contributed by atoms with Crippen LogP contribution < -0.4 is 5.32 Å². The molecule has 0 heterocycles. The van der Waals surface area contributed by atoms with Crippen molar-refractivity contribution in [2.75, 3.05) is 7.11 Å². The molecule has 0 bridgehead atoms. The van der Waals surface area contributed by atoms with Crippen LogP contribution in [0.1, 0.15) is 24.9 Å². The van der Waals surface area contributed by atoms with E-state index in [0.29, 0.717) is 12.0 Å². The maximum Gasteiger partial charge on any atom is 0.405 e. The summed E-state index contributed by atoms with van der Waals surface area (Å²) >= 11 is 0. The number of carbonyl (C=O) groups is 1. The van der Waals surface area contributed by atoms with E-state index in [0.717, 1.165) is 0 Å². The maximum absolute atomic E-state index is 13.6. The summed E-state index contributed by atoms with van der Waals surface area (Å²) < 4.78 is 18.8. The predicted molar refractivity (Wildman–Crippen MR) is 61.4 cm³/mol. The third-order valence-corrected chi connectivity index (χ3v) is 2.60. The highest BCUT2D eigenvalue weighted by molar-refractivity contribution is 5.65. The van der Waals surface area contributed by atoms with Crippen LogP contribution in [0.3, 0.4) is 0 Å². The Kier molecular flexibility index (Phi) is 4.90.